The van der Waals surface area contributed by atoms with Crippen LogP contribution in [-0.4, -0.2) is 46.2 Å². The maximum atomic E-state index is 13.8. The van der Waals surface area contributed by atoms with Gasteiger partial charge in [0.2, 0.25) is 17.7 Å². The van der Waals surface area contributed by atoms with Crippen molar-refractivity contribution in [3.05, 3.63) is 54.3 Å². The van der Waals surface area contributed by atoms with Crippen LogP contribution in [-0.2, 0) is 19.1 Å². The lowest BCUT2D eigenvalue weighted by Gasteiger charge is -2.34. The summed E-state index contributed by atoms with van der Waals surface area (Å²) in [6, 6.07) is 9.64. The van der Waals surface area contributed by atoms with Crippen molar-refractivity contribution in [3.63, 3.8) is 0 Å². The van der Waals surface area contributed by atoms with Crippen molar-refractivity contribution in [3.8, 4) is 0 Å². The van der Waals surface area contributed by atoms with Crippen molar-refractivity contribution in [2.75, 3.05) is 10.2 Å². The van der Waals surface area contributed by atoms with Crippen LogP contribution in [0.2, 0.25) is 0 Å². The molecule has 3 amide bonds. The van der Waals surface area contributed by atoms with Gasteiger partial charge < -0.3 is 19.9 Å². The van der Waals surface area contributed by atoms with Gasteiger partial charge in [0.25, 0.3) is 0 Å². The maximum absolute atomic E-state index is 13.8. The molecule has 9 heteroatoms. The Morgan fingerprint density at radius 3 is 2.52 bits per heavy atom. The number of carbonyl (C=O) groups excluding carboxylic acids is 3. The summed E-state index contributed by atoms with van der Waals surface area (Å²) in [6.07, 6.45) is 2.93. The highest BCUT2D eigenvalue weighted by Crippen LogP contribution is 2.56. The van der Waals surface area contributed by atoms with Crippen LogP contribution in [0.4, 0.5) is 11.5 Å². The Morgan fingerprint density at radius 1 is 1.15 bits per heavy atom. The molecular weight excluding hydrogens is 424 g/mol. The molecule has 1 spiro atoms. The van der Waals surface area contributed by atoms with Gasteiger partial charge in [-0.3, -0.25) is 19.3 Å². The minimum absolute atomic E-state index is 0.269. The second-order valence-electron chi connectivity index (χ2n) is 9.80. The fraction of sp³-hybridized carbons (Fsp3) is 0.417. The van der Waals surface area contributed by atoms with Gasteiger partial charge in [0, 0.05) is 17.3 Å². The van der Waals surface area contributed by atoms with Crippen LogP contribution in [0, 0.1) is 18.8 Å². The van der Waals surface area contributed by atoms with Crippen molar-refractivity contribution in [1.29, 1.82) is 0 Å². The lowest BCUT2D eigenvalue weighted by Crippen LogP contribution is -2.58. The Balaban J connectivity index is 1.55. The van der Waals surface area contributed by atoms with Crippen LogP contribution in [0.15, 0.2) is 53.1 Å². The number of fused-ring (bicyclic) bond motifs is 1. The molecule has 4 heterocycles. The van der Waals surface area contributed by atoms with Crippen LogP contribution in [0.3, 0.4) is 0 Å². The number of carbonyl (C=O) groups is 3. The highest BCUT2D eigenvalue weighted by atomic mass is 16.5. The minimum Gasteiger partial charge on any atom is -0.360 e. The number of anilines is 2. The van der Waals surface area contributed by atoms with Gasteiger partial charge in [0.15, 0.2) is 5.82 Å². The van der Waals surface area contributed by atoms with E-state index in [0.717, 1.165) is 0 Å². The number of rotatable bonds is 4. The van der Waals surface area contributed by atoms with Crippen molar-refractivity contribution >= 4 is 29.2 Å². The number of amides is 3. The first-order chi connectivity index (χ1) is 15.6. The topological polar surface area (TPSA) is 114 Å². The number of nitrogens with zero attached hydrogens (tertiary/aromatic N) is 2. The number of hydrogen-bond acceptors (Lipinski definition) is 6. The average Bonchev–Trinajstić information content (AvgIpc) is 3.48. The van der Waals surface area contributed by atoms with Gasteiger partial charge in [-0.05, 0) is 39.8 Å². The van der Waals surface area contributed by atoms with Crippen molar-refractivity contribution in [1.82, 2.24) is 10.5 Å². The normalized spacial score (nSPS) is 29.9. The van der Waals surface area contributed by atoms with Crippen LogP contribution in [0.1, 0.15) is 26.5 Å². The summed E-state index contributed by atoms with van der Waals surface area (Å²) in [4.78, 5) is 42.1. The molecule has 5 atom stereocenters. The Morgan fingerprint density at radius 2 is 1.88 bits per heavy atom. The lowest BCUT2D eigenvalue weighted by atomic mass is 9.74. The molecule has 5 rings (SSSR count). The lowest BCUT2D eigenvalue weighted by molar-refractivity contribution is -0.129. The summed E-state index contributed by atoms with van der Waals surface area (Å²) in [5.74, 6) is -1.89. The molecule has 33 heavy (non-hydrogen) atoms. The molecule has 0 unspecified atom stereocenters. The number of benzene rings is 1. The van der Waals surface area contributed by atoms with Gasteiger partial charge in [-0.15, -0.1) is 0 Å². The first-order valence-electron chi connectivity index (χ1n) is 10.9. The number of nitrogens with one attached hydrogen (secondary N) is 2. The Kier molecular flexibility index (Phi) is 4.72. The smallest absolute Gasteiger partial charge is 0.246 e. The summed E-state index contributed by atoms with van der Waals surface area (Å²) in [5, 5.41) is 9.53. The van der Waals surface area contributed by atoms with Crippen LogP contribution in [0.5, 0.6) is 0 Å². The summed E-state index contributed by atoms with van der Waals surface area (Å²) in [7, 11) is 0. The SMILES string of the molecule is Cc1cc(NC(=O)[C@@H]2[C@@H]3C=C[C@]4(O3)[C@@H]2C(=O)N(c2ccccc2)[C@@H]4C(=O)NC(C)(C)C)no1. The zero-order chi connectivity index (χ0) is 23.5. The zero-order valence-electron chi connectivity index (χ0n) is 18.9. The molecule has 9 nitrogen and oxygen atoms in total. The quantitative estimate of drug-likeness (QED) is 0.691. The van der Waals surface area contributed by atoms with Gasteiger partial charge in [-0.2, -0.15) is 0 Å². The monoisotopic (exact) mass is 450 g/mol. The molecule has 3 aliphatic rings. The number of aryl methyl sites for hydroxylation is 1. The summed E-state index contributed by atoms with van der Waals surface area (Å²) >= 11 is 0. The number of aromatic nitrogens is 1. The van der Waals surface area contributed by atoms with E-state index in [0.29, 0.717) is 11.4 Å². The third kappa shape index (κ3) is 3.34. The van der Waals surface area contributed by atoms with Crippen LogP contribution >= 0.6 is 0 Å². The van der Waals surface area contributed by atoms with Crippen molar-refractivity contribution in [2.45, 2.75) is 51.0 Å². The highest BCUT2D eigenvalue weighted by molar-refractivity contribution is 6.11. The predicted octanol–water partition coefficient (Wildman–Crippen LogP) is 2.19. The molecule has 0 saturated carbocycles. The van der Waals surface area contributed by atoms with Crippen molar-refractivity contribution < 1.29 is 23.6 Å². The third-order valence-corrected chi connectivity index (χ3v) is 6.24. The van der Waals surface area contributed by atoms with Crippen LogP contribution < -0.4 is 15.5 Å². The Labute approximate surface area is 191 Å². The molecule has 2 N–H and O–H groups in total. The van der Waals surface area contributed by atoms with Gasteiger partial charge in [-0.1, -0.05) is 35.5 Å². The molecule has 1 aromatic carbocycles. The zero-order valence-corrected chi connectivity index (χ0v) is 18.9. The highest BCUT2D eigenvalue weighted by Gasteiger charge is 2.73. The van der Waals surface area contributed by atoms with E-state index in [-0.39, 0.29) is 17.6 Å². The molecule has 172 valence electrons. The van der Waals surface area contributed by atoms with E-state index >= 15 is 0 Å². The third-order valence-electron chi connectivity index (χ3n) is 6.24. The first-order valence-corrected chi connectivity index (χ1v) is 10.9. The van der Waals surface area contributed by atoms with Crippen molar-refractivity contribution in [2.24, 2.45) is 11.8 Å². The van der Waals surface area contributed by atoms with Gasteiger partial charge in [0.1, 0.15) is 17.4 Å². The largest absolute Gasteiger partial charge is 0.360 e. The first kappa shape index (κ1) is 21.4. The van der Waals surface area contributed by atoms with Gasteiger partial charge in [-0.25, -0.2) is 0 Å². The molecule has 0 aliphatic carbocycles. The molecule has 1 aromatic heterocycles. The van der Waals surface area contributed by atoms with E-state index in [1.54, 1.807) is 49.4 Å². The summed E-state index contributed by atoms with van der Waals surface area (Å²) < 4.78 is 11.3. The van der Waals surface area contributed by atoms with E-state index in [4.69, 9.17) is 9.26 Å². The molecule has 2 fully saturated rings. The number of ether oxygens (including phenoxy) is 1. The van der Waals surface area contributed by atoms with Crippen LogP contribution in [0.25, 0.3) is 0 Å². The van der Waals surface area contributed by atoms with Gasteiger partial charge in [0.05, 0.1) is 17.9 Å². The number of hydrogen-bond donors (Lipinski definition) is 2. The molecule has 3 aliphatic heterocycles. The summed E-state index contributed by atoms with van der Waals surface area (Å²) in [5.41, 5.74) is -1.18. The molecule has 2 saturated heterocycles. The fourth-order valence-electron chi connectivity index (χ4n) is 5.11. The molecule has 0 radical (unpaired) electrons. The Bertz CT molecular complexity index is 1150. The predicted molar refractivity (Wildman–Crippen MR) is 119 cm³/mol. The van der Waals surface area contributed by atoms with E-state index in [1.807, 2.05) is 26.8 Å². The number of para-hydroxylation sites is 1. The second kappa shape index (κ2) is 7.28. The fourth-order valence-corrected chi connectivity index (χ4v) is 5.11. The van der Waals surface area contributed by atoms with E-state index in [9.17, 15) is 14.4 Å². The Hall–Kier alpha value is -3.46. The standard InChI is InChI=1S/C24H26N4O5/c1-13-12-16(27-33-13)25-20(29)17-15-10-11-24(32-15)18(17)22(31)28(14-8-6-5-7-9-14)19(24)21(30)26-23(2,3)4/h5-12,15,17-19H,1-4H3,(H,26,30)(H,25,27,29)/t15-,17+,18-,19+,24-/m0/s1. The van der Waals surface area contributed by atoms with Gasteiger partial charge >= 0.3 is 0 Å². The summed E-state index contributed by atoms with van der Waals surface area (Å²) in [6.45, 7) is 7.35. The second-order valence-corrected chi connectivity index (χ2v) is 9.80. The van der Waals surface area contributed by atoms with E-state index in [2.05, 4.69) is 15.8 Å². The minimum atomic E-state index is -1.24. The molecule has 2 bridgehead atoms. The maximum Gasteiger partial charge on any atom is 0.246 e. The average molecular weight is 450 g/mol. The van der Waals surface area contributed by atoms with E-state index < -0.39 is 41.0 Å². The molecule has 2 aromatic rings. The van der Waals surface area contributed by atoms with E-state index in [1.165, 1.54) is 4.90 Å². The molecular formula is C24H26N4O5.